The Bertz CT molecular complexity index is 1150. The van der Waals surface area contributed by atoms with Crippen molar-refractivity contribution in [3.05, 3.63) is 29.7 Å². The molecule has 0 unspecified atom stereocenters. The number of carbonyl (C=O) groups is 1. The number of urea groups is 1. The van der Waals surface area contributed by atoms with E-state index in [4.69, 9.17) is 9.72 Å². The summed E-state index contributed by atoms with van der Waals surface area (Å²) < 4.78 is 20.6. The minimum Gasteiger partial charge on any atom is -0.505 e. The van der Waals surface area contributed by atoms with Crippen molar-refractivity contribution in [2.75, 3.05) is 34.8 Å². The first-order valence-electron chi connectivity index (χ1n) is 14.8. The SMILES string of the molecule is CCOc1cc(O)c(F)c(N2Cc3cnc(NCCCCCN(C(C)C)C(C)C)nc3N(C3CCCC3)C2=O)c1. The van der Waals surface area contributed by atoms with Gasteiger partial charge >= 0.3 is 6.03 Å². The average Bonchev–Trinajstić information content (AvgIpc) is 3.44. The Balaban J connectivity index is 1.48. The summed E-state index contributed by atoms with van der Waals surface area (Å²) in [5, 5.41) is 13.5. The minimum atomic E-state index is -0.851. The molecule has 40 heavy (non-hydrogen) atoms. The van der Waals surface area contributed by atoms with Crippen molar-refractivity contribution in [2.24, 2.45) is 0 Å². The lowest BCUT2D eigenvalue weighted by Crippen LogP contribution is -2.52. The molecule has 2 N–H and O–H groups in total. The summed E-state index contributed by atoms with van der Waals surface area (Å²) in [6.07, 6.45) is 8.75. The summed E-state index contributed by atoms with van der Waals surface area (Å²) in [4.78, 5) is 28.7. The number of carbonyl (C=O) groups excluding carboxylic acids is 1. The Kier molecular flexibility index (Phi) is 10.1. The number of amides is 2. The molecule has 0 saturated heterocycles. The Morgan fingerprint density at radius 1 is 1.15 bits per heavy atom. The van der Waals surface area contributed by atoms with Crippen LogP contribution >= 0.6 is 0 Å². The highest BCUT2D eigenvalue weighted by atomic mass is 19.1. The molecule has 0 spiro atoms. The highest BCUT2D eigenvalue weighted by Gasteiger charge is 2.39. The van der Waals surface area contributed by atoms with Crippen molar-refractivity contribution in [3.63, 3.8) is 0 Å². The van der Waals surface area contributed by atoms with Crippen molar-refractivity contribution in [3.8, 4) is 11.5 Å². The smallest absolute Gasteiger partial charge is 0.330 e. The van der Waals surface area contributed by atoms with Gasteiger partial charge in [-0.15, -0.1) is 0 Å². The first-order valence-corrected chi connectivity index (χ1v) is 14.8. The summed E-state index contributed by atoms with van der Waals surface area (Å²) >= 11 is 0. The molecule has 2 aliphatic rings. The fourth-order valence-corrected chi connectivity index (χ4v) is 5.87. The Labute approximate surface area is 237 Å². The Hall–Kier alpha value is -3.14. The number of hydrogen-bond donors (Lipinski definition) is 2. The molecular weight excluding hydrogens is 511 g/mol. The summed E-state index contributed by atoms with van der Waals surface area (Å²) in [6, 6.07) is 3.40. The molecule has 220 valence electrons. The van der Waals surface area contributed by atoms with E-state index in [0.29, 0.717) is 36.2 Å². The van der Waals surface area contributed by atoms with Crippen LogP contribution in [0.5, 0.6) is 11.5 Å². The number of ether oxygens (including phenoxy) is 1. The number of hydrogen-bond acceptors (Lipinski definition) is 7. The van der Waals surface area contributed by atoms with Crippen LogP contribution in [0.25, 0.3) is 0 Å². The molecule has 1 saturated carbocycles. The molecule has 0 atom stereocenters. The maximum absolute atomic E-state index is 15.1. The molecule has 2 amide bonds. The number of aromatic nitrogens is 2. The van der Waals surface area contributed by atoms with E-state index in [2.05, 4.69) is 42.9 Å². The van der Waals surface area contributed by atoms with Crippen molar-refractivity contribution < 1.29 is 19.0 Å². The standard InChI is InChI=1S/C30H45FN6O3/c1-6-40-24-16-25(27(31)26(38)17-24)36-19-22-18-33-29(32-14-10-7-11-15-35(20(2)3)21(4)5)34-28(22)37(30(36)39)23-12-8-9-13-23/h16-18,20-21,23,38H,6-15,19H2,1-5H3,(H,32,33,34). The van der Waals surface area contributed by atoms with Gasteiger partial charge in [-0.3, -0.25) is 14.7 Å². The first kappa shape index (κ1) is 29.8. The fourth-order valence-electron chi connectivity index (χ4n) is 5.87. The summed E-state index contributed by atoms with van der Waals surface area (Å²) in [5.41, 5.74) is 0.720. The third-order valence-corrected chi connectivity index (χ3v) is 7.84. The largest absolute Gasteiger partial charge is 0.505 e. The number of benzene rings is 1. The Morgan fingerprint density at radius 3 is 2.55 bits per heavy atom. The maximum Gasteiger partial charge on any atom is 0.330 e. The number of halogens is 1. The van der Waals surface area contributed by atoms with Gasteiger partial charge in [-0.25, -0.2) is 14.2 Å². The second-order valence-corrected chi connectivity index (χ2v) is 11.3. The van der Waals surface area contributed by atoms with E-state index in [1.165, 1.54) is 17.0 Å². The minimum absolute atomic E-state index is 0.0159. The number of anilines is 3. The van der Waals surface area contributed by atoms with Crippen LogP contribution in [0, 0.1) is 5.82 Å². The van der Waals surface area contributed by atoms with Crippen LogP contribution in [0.4, 0.5) is 26.6 Å². The molecule has 2 heterocycles. The van der Waals surface area contributed by atoms with E-state index >= 15 is 4.39 Å². The fraction of sp³-hybridized carbons (Fsp3) is 0.633. The number of fused-ring (bicyclic) bond motifs is 1. The summed E-state index contributed by atoms with van der Waals surface area (Å²) in [6.45, 7) is 13.1. The molecule has 0 radical (unpaired) electrons. The van der Waals surface area contributed by atoms with Gasteiger partial charge in [0.15, 0.2) is 11.6 Å². The number of phenols is 1. The molecule has 1 aliphatic carbocycles. The van der Waals surface area contributed by atoms with Gasteiger partial charge in [-0.2, -0.15) is 4.98 Å². The summed E-state index contributed by atoms with van der Waals surface area (Å²) in [5.74, 6) is -0.0177. The number of nitrogens with one attached hydrogen (secondary N) is 1. The first-order chi connectivity index (χ1) is 19.2. The van der Waals surface area contributed by atoms with Gasteiger partial charge in [0, 0.05) is 48.6 Å². The zero-order valence-corrected chi connectivity index (χ0v) is 24.6. The number of aromatic hydroxyl groups is 1. The van der Waals surface area contributed by atoms with Crippen LogP contribution < -0.4 is 19.9 Å². The van der Waals surface area contributed by atoms with Gasteiger partial charge in [0.25, 0.3) is 0 Å². The second-order valence-electron chi connectivity index (χ2n) is 11.3. The van der Waals surface area contributed by atoms with Crippen molar-refractivity contribution in [1.82, 2.24) is 14.9 Å². The van der Waals surface area contributed by atoms with Gasteiger partial charge in [-0.05, 0) is 66.8 Å². The topological polar surface area (TPSA) is 94.1 Å². The van der Waals surface area contributed by atoms with Gasteiger partial charge in [0.2, 0.25) is 5.95 Å². The van der Waals surface area contributed by atoms with Crippen molar-refractivity contribution in [2.45, 2.75) is 104 Å². The van der Waals surface area contributed by atoms with Crippen LogP contribution in [0.2, 0.25) is 0 Å². The Morgan fingerprint density at radius 2 is 1.88 bits per heavy atom. The highest BCUT2D eigenvalue weighted by molar-refractivity contribution is 6.06. The molecule has 9 nitrogen and oxygen atoms in total. The van der Waals surface area contributed by atoms with Gasteiger partial charge in [0.1, 0.15) is 11.6 Å². The normalized spacial score (nSPS) is 16.0. The molecule has 1 aromatic heterocycles. The lowest BCUT2D eigenvalue weighted by Gasteiger charge is -2.39. The van der Waals surface area contributed by atoms with Crippen LogP contribution in [-0.4, -0.2) is 63.8 Å². The molecule has 4 rings (SSSR count). The second kappa shape index (κ2) is 13.5. The van der Waals surface area contributed by atoms with Gasteiger partial charge in [0.05, 0.1) is 18.8 Å². The van der Waals surface area contributed by atoms with E-state index in [0.717, 1.165) is 63.6 Å². The predicted octanol–water partition coefficient (Wildman–Crippen LogP) is 6.31. The van der Waals surface area contributed by atoms with Gasteiger partial charge < -0.3 is 15.2 Å². The third-order valence-electron chi connectivity index (χ3n) is 7.84. The number of unbranched alkanes of at least 4 members (excludes halogenated alkanes) is 2. The van der Waals surface area contributed by atoms with E-state index in [1.54, 1.807) is 18.0 Å². The van der Waals surface area contributed by atoms with Crippen molar-refractivity contribution in [1.29, 1.82) is 0 Å². The number of phenolic OH excluding ortho intramolecular Hbond substituents is 1. The zero-order valence-electron chi connectivity index (χ0n) is 24.6. The third kappa shape index (κ3) is 6.77. The van der Waals surface area contributed by atoms with E-state index < -0.39 is 11.6 Å². The molecule has 0 bridgehead atoms. The molecule has 2 aromatic rings. The zero-order chi connectivity index (χ0) is 28.8. The molecule has 1 aliphatic heterocycles. The van der Waals surface area contributed by atoms with E-state index in [1.807, 2.05) is 0 Å². The maximum atomic E-state index is 15.1. The quantitative estimate of drug-likeness (QED) is 0.279. The molecular formula is C30H45FN6O3. The van der Waals surface area contributed by atoms with Crippen LogP contribution in [0.3, 0.4) is 0 Å². The van der Waals surface area contributed by atoms with Crippen LogP contribution in [0.1, 0.15) is 85.1 Å². The monoisotopic (exact) mass is 556 g/mol. The summed E-state index contributed by atoms with van der Waals surface area (Å²) in [7, 11) is 0. The van der Waals surface area contributed by atoms with Crippen LogP contribution in [0.15, 0.2) is 18.3 Å². The number of nitrogens with zero attached hydrogens (tertiary/aromatic N) is 5. The molecule has 1 fully saturated rings. The van der Waals surface area contributed by atoms with E-state index in [-0.39, 0.29) is 24.3 Å². The van der Waals surface area contributed by atoms with E-state index in [9.17, 15) is 9.90 Å². The molecule has 10 heteroatoms. The predicted molar refractivity (Wildman–Crippen MR) is 157 cm³/mol. The van der Waals surface area contributed by atoms with Crippen molar-refractivity contribution >= 4 is 23.5 Å². The van der Waals surface area contributed by atoms with Crippen LogP contribution in [-0.2, 0) is 6.54 Å². The van der Waals surface area contributed by atoms with Gasteiger partial charge in [-0.1, -0.05) is 19.3 Å². The highest BCUT2D eigenvalue weighted by Crippen LogP contribution is 2.40. The lowest BCUT2D eigenvalue weighted by atomic mass is 10.1. The average molecular weight is 557 g/mol. The molecule has 1 aromatic carbocycles. The lowest BCUT2D eigenvalue weighted by molar-refractivity contribution is 0.171. The number of rotatable bonds is 13.